The molecular weight excluding hydrogens is 160 g/mol. The highest BCUT2D eigenvalue weighted by Crippen LogP contribution is 2.07. The molecular formula is C6H4N4O2. The average Bonchev–Trinajstić information content (AvgIpc) is 2.06. The molecule has 0 radical (unpaired) electrons. The Morgan fingerprint density at radius 1 is 1.67 bits per heavy atom. The van der Waals surface area contributed by atoms with Crippen molar-refractivity contribution in [3.63, 3.8) is 0 Å². The summed E-state index contributed by atoms with van der Waals surface area (Å²) in [4.78, 5) is 16.4. The van der Waals surface area contributed by atoms with E-state index >= 15 is 0 Å². The molecule has 0 saturated carbocycles. The summed E-state index contributed by atoms with van der Waals surface area (Å²) in [6.07, 6.45) is 1.13. The summed E-state index contributed by atoms with van der Waals surface area (Å²) in [5, 5.41) is 11.6. The monoisotopic (exact) mass is 164 g/mol. The second-order valence-corrected chi connectivity index (χ2v) is 1.90. The fraction of sp³-hybridized carbons (Fsp3) is 0. The van der Waals surface area contributed by atoms with Gasteiger partial charge in [0, 0.05) is 11.1 Å². The largest absolute Gasteiger partial charge is 0.478 e. The van der Waals surface area contributed by atoms with Crippen molar-refractivity contribution >= 4 is 11.8 Å². The average molecular weight is 164 g/mol. The van der Waals surface area contributed by atoms with Gasteiger partial charge in [-0.25, -0.2) is 4.79 Å². The number of pyridine rings is 1. The Morgan fingerprint density at radius 3 is 2.83 bits per heavy atom. The lowest BCUT2D eigenvalue weighted by Gasteiger charge is -1.92. The number of carboxylic acid groups (broad SMARTS) is 1. The molecule has 12 heavy (non-hydrogen) atoms. The van der Waals surface area contributed by atoms with Crippen LogP contribution in [0, 0.1) is 0 Å². The molecule has 0 unspecified atom stereocenters. The standard InChI is InChI=1S/C6H4N4O2/c7-10-9-5-2-1-4(3-8-5)6(11)12/h1-3H,(H,11,12). The third-order valence-electron chi connectivity index (χ3n) is 1.14. The highest BCUT2D eigenvalue weighted by Gasteiger charge is 2.00. The first-order valence-corrected chi connectivity index (χ1v) is 2.98. The van der Waals surface area contributed by atoms with Crippen molar-refractivity contribution in [2.24, 2.45) is 5.11 Å². The van der Waals surface area contributed by atoms with Crippen LogP contribution in [0.5, 0.6) is 0 Å². The Labute approximate surface area is 67.1 Å². The maximum Gasteiger partial charge on any atom is 0.337 e. The van der Waals surface area contributed by atoms with Crippen LogP contribution in [0.3, 0.4) is 0 Å². The van der Waals surface area contributed by atoms with Crippen molar-refractivity contribution in [1.82, 2.24) is 4.98 Å². The van der Waals surface area contributed by atoms with Gasteiger partial charge < -0.3 is 5.11 Å². The zero-order chi connectivity index (χ0) is 8.97. The minimum Gasteiger partial charge on any atom is -0.478 e. The molecule has 1 heterocycles. The zero-order valence-corrected chi connectivity index (χ0v) is 5.88. The van der Waals surface area contributed by atoms with Gasteiger partial charge in [0.25, 0.3) is 0 Å². The first-order chi connectivity index (χ1) is 5.74. The molecule has 6 heteroatoms. The Balaban J connectivity index is 3.00. The van der Waals surface area contributed by atoms with E-state index in [1.165, 1.54) is 12.1 Å². The smallest absolute Gasteiger partial charge is 0.337 e. The van der Waals surface area contributed by atoms with Gasteiger partial charge in [-0.3, -0.25) is 4.98 Å². The van der Waals surface area contributed by atoms with Crippen LogP contribution in [0.15, 0.2) is 23.4 Å². The van der Waals surface area contributed by atoms with Crippen LogP contribution < -0.4 is 0 Å². The summed E-state index contributed by atoms with van der Waals surface area (Å²) in [7, 11) is 0. The van der Waals surface area contributed by atoms with Gasteiger partial charge in [0.05, 0.1) is 5.56 Å². The van der Waals surface area contributed by atoms with Crippen LogP contribution in [0.4, 0.5) is 5.82 Å². The molecule has 0 saturated heterocycles. The first kappa shape index (κ1) is 8.03. The number of nitrogens with zero attached hydrogens (tertiary/aromatic N) is 4. The zero-order valence-electron chi connectivity index (χ0n) is 5.88. The summed E-state index contributed by atoms with van der Waals surface area (Å²) in [5.74, 6) is -0.905. The second kappa shape index (κ2) is 3.36. The normalized spacial score (nSPS) is 8.67. The summed E-state index contributed by atoms with van der Waals surface area (Å²) in [6.45, 7) is 0. The van der Waals surface area contributed by atoms with Crippen molar-refractivity contribution in [3.8, 4) is 0 Å². The number of hydrogen-bond donors (Lipinski definition) is 1. The van der Waals surface area contributed by atoms with E-state index in [1.54, 1.807) is 0 Å². The van der Waals surface area contributed by atoms with Crippen LogP contribution >= 0.6 is 0 Å². The Morgan fingerprint density at radius 2 is 2.42 bits per heavy atom. The Kier molecular flexibility index (Phi) is 2.25. The van der Waals surface area contributed by atoms with E-state index in [0.29, 0.717) is 0 Å². The lowest BCUT2D eigenvalue weighted by molar-refractivity contribution is 0.0696. The molecule has 1 rings (SSSR count). The maximum absolute atomic E-state index is 10.3. The van der Waals surface area contributed by atoms with Gasteiger partial charge in [0.15, 0.2) is 0 Å². The minimum atomic E-state index is -1.06. The first-order valence-electron chi connectivity index (χ1n) is 2.98. The molecule has 1 aromatic heterocycles. The van der Waals surface area contributed by atoms with Crippen LogP contribution in [0.2, 0.25) is 0 Å². The van der Waals surface area contributed by atoms with Crippen molar-refractivity contribution in [2.45, 2.75) is 0 Å². The molecule has 1 aromatic rings. The number of azide groups is 1. The van der Waals surface area contributed by atoms with Crippen molar-refractivity contribution in [3.05, 3.63) is 34.3 Å². The SMILES string of the molecule is [N-]=[N+]=Nc1ccc(C(=O)O)cn1. The highest BCUT2D eigenvalue weighted by molar-refractivity contribution is 5.87. The van der Waals surface area contributed by atoms with E-state index in [-0.39, 0.29) is 11.4 Å². The number of carbonyl (C=O) groups is 1. The molecule has 0 aliphatic rings. The molecule has 0 aliphatic heterocycles. The van der Waals surface area contributed by atoms with E-state index in [0.717, 1.165) is 6.20 Å². The Bertz CT molecular complexity index is 318. The van der Waals surface area contributed by atoms with Gasteiger partial charge in [0.1, 0.15) is 5.82 Å². The molecule has 0 spiro atoms. The van der Waals surface area contributed by atoms with Gasteiger partial charge in [-0.2, -0.15) is 0 Å². The molecule has 0 atom stereocenters. The van der Waals surface area contributed by atoms with Crippen molar-refractivity contribution in [2.75, 3.05) is 0 Å². The second-order valence-electron chi connectivity index (χ2n) is 1.90. The van der Waals surface area contributed by atoms with Crippen LogP contribution in [0.25, 0.3) is 10.4 Å². The lowest BCUT2D eigenvalue weighted by atomic mass is 10.3. The predicted molar refractivity (Wildman–Crippen MR) is 40.0 cm³/mol. The topological polar surface area (TPSA) is 99.0 Å². The summed E-state index contributed by atoms with van der Waals surface area (Å²) < 4.78 is 0. The van der Waals surface area contributed by atoms with Gasteiger partial charge in [0.2, 0.25) is 0 Å². The number of rotatable bonds is 2. The fourth-order valence-electron chi connectivity index (χ4n) is 0.618. The number of carboxylic acids is 1. The summed E-state index contributed by atoms with van der Waals surface area (Å²) in [5.41, 5.74) is 8.06. The molecule has 0 bridgehead atoms. The third kappa shape index (κ3) is 1.71. The Hall–Kier alpha value is -2.07. The molecule has 0 aliphatic carbocycles. The third-order valence-corrected chi connectivity index (χ3v) is 1.14. The van der Waals surface area contributed by atoms with E-state index in [1.807, 2.05) is 0 Å². The van der Waals surface area contributed by atoms with Gasteiger partial charge in [-0.15, -0.1) is 0 Å². The van der Waals surface area contributed by atoms with Crippen molar-refractivity contribution < 1.29 is 9.90 Å². The van der Waals surface area contributed by atoms with Gasteiger partial charge in [-0.05, 0) is 22.8 Å². The van der Waals surface area contributed by atoms with Gasteiger partial charge in [-0.1, -0.05) is 0 Å². The lowest BCUT2D eigenvalue weighted by Crippen LogP contribution is -1.95. The van der Waals surface area contributed by atoms with Crippen LogP contribution in [-0.2, 0) is 0 Å². The molecule has 1 N–H and O–H groups in total. The number of aromatic carboxylic acids is 1. The molecule has 6 nitrogen and oxygen atoms in total. The molecule has 0 amide bonds. The minimum absolute atomic E-state index is 0.0619. The summed E-state index contributed by atoms with van der Waals surface area (Å²) in [6, 6.07) is 2.66. The van der Waals surface area contributed by atoms with E-state index in [4.69, 9.17) is 10.6 Å². The predicted octanol–water partition coefficient (Wildman–Crippen LogP) is 1.72. The van der Waals surface area contributed by atoms with E-state index in [9.17, 15) is 4.79 Å². The van der Waals surface area contributed by atoms with Crippen LogP contribution in [-0.4, -0.2) is 16.1 Å². The van der Waals surface area contributed by atoms with E-state index in [2.05, 4.69) is 15.0 Å². The maximum atomic E-state index is 10.3. The van der Waals surface area contributed by atoms with Gasteiger partial charge >= 0.3 is 5.97 Å². The fourth-order valence-corrected chi connectivity index (χ4v) is 0.618. The van der Waals surface area contributed by atoms with Crippen LogP contribution in [0.1, 0.15) is 10.4 Å². The van der Waals surface area contributed by atoms with E-state index < -0.39 is 5.97 Å². The highest BCUT2D eigenvalue weighted by atomic mass is 16.4. The molecule has 0 fully saturated rings. The summed E-state index contributed by atoms with van der Waals surface area (Å²) >= 11 is 0. The quantitative estimate of drug-likeness (QED) is 0.409. The number of aromatic nitrogens is 1. The number of hydrogen-bond acceptors (Lipinski definition) is 3. The molecule has 0 aromatic carbocycles. The molecule has 60 valence electrons. The van der Waals surface area contributed by atoms with Crippen molar-refractivity contribution in [1.29, 1.82) is 0 Å².